The van der Waals surface area contributed by atoms with E-state index in [1.54, 1.807) is 0 Å². The van der Waals surface area contributed by atoms with Gasteiger partial charge in [-0.1, -0.05) is 0 Å². The third-order valence-electron chi connectivity index (χ3n) is 4.25. The van der Waals surface area contributed by atoms with Crippen LogP contribution in [0.5, 0.6) is 0 Å². The van der Waals surface area contributed by atoms with E-state index < -0.39 is 10.0 Å². The van der Waals surface area contributed by atoms with Gasteiger partial charge in [0.15, 0.2) is 0 Å². The van der Waals surface area contributed by atoms with Crippen LogP contribution < -0.4 is 5.32 Å². The number of morpholine rings is 1. The fraction of sp³-hybridized carbons (Fsp3) is 1.00. The Morgan fingerprint density at radius 3 is 2.70 bits per heavy atom. The summed E-state index contributed by atoms with van der Waals surface area (Å²) in [5.74, 6) is 0.719. The van der Waals surface area contributed by atoms with Crippen molar-refractivity contribution in [1.82, 2.24) is 9.62 Å². The first-order chi connectivity index (χ1) is 9.53. The third kappa shape index (κ3) is 4.14. The summed E-state index contributed by atoms with van der Waals surface area (Å²) < 4.78 is 31.9. The Morgan fingerprint density at radius 1 is 1.35 bits per heavy atom. The number of sulfonamides is 1. The van der Waals surface area contributed by atoms with Gasteiger partial charge in [-0.05, 0) is 45.2 Å². The van der Waals surface area contributed by atoms with E-state index in [-0.39, 0.29) is 31.1 Å². The molecular weight excluding hydrogens is 280 g/mol. The van der Waals surface area contributed by atoms with Crippen molar-refractivity contribution in [1.29, 1.82) is 0 Å². The second kappa shape index (κ2) is 7.17. The van der Waals surface area contributed by atoms with E-state index >= 15 is 0 Å². The second-order valence-corrected chi connectivity index (χ2v) is 7.90. The zero-order chi connectivity index (χ0) is 14.6. The summed E-state index contributed by atoms with van der Waals surface area (Å²) in [4.78, 5) is 0. The lowest BCUT2D eigenvalue weighted by Crippen LogP contribution is -2.52. The van der Waals surface area contributed by atoms with Crippen LogP contribution in [0, 0.1) is 5.92 Å². The van der Waals surface area contributed by atoms with Crippen LogP contribution in [0.15, 0.2) is 0 Å². The summed E-state index contributed by atoms with van der Waals surface area (Å²) in [5, 5.41) is 12.4. The summed E-state index contributed by atoms with van der Waals surface area (Å²) in [7, 11) is -3.25. The van der Waals surface area contributed by atoms with Crippen molar-refractivity contribution in [2.45, 2.75) is 38.3 Å². The predicted octanol–water partition coefficient (Wildman–Crippen LogP) is -0.212. The van der Waals surface area contributed by atoms with Crippen LogP contribution in [0.4, 0.5) is 0 Å². The number of nitrogens with zero attached hydrogens (tertiary/aromatic N) is 1. The van der Waals surface area contributed by atoms with E-state index in [2.05, 4.69) is 5.32 Å². The van der Waals surface area contributed by atoms with Crippen LogP contribution in [0.1, 0.15) is 26.2 Å². The van der Waals surface area contributed by atoms with Gasteiger partial charge < -0.3 is 15.2 Å². The van der Waals surface area contributed by atoms with E-state index in [1.165, 1.54) is 4.31 Å². The molecule has 2 fully saturated rings. The minimum Gasteiger partial charge on any atom is -0.394 e. The highest BCUT2D eigenvalue weighted by Crippen LogP contribution is 2.21. The van der Waals surface area contributed by atoms with E-state index in [1.807, 2.05) is 6.92 Å². The van der Waals surface area contributed by atoms with Crippen LogP contribution in [0.2, 0.25) is 0 Å². The number of rotatable bonds is 5. The number of aliphatic hydroxyl groups is 1. The standard InChI is InChI=1S/C13H26N2O4S/c1-11-10-19-13(9-16)8-15(11)20(17,18)7-4-12-2-5-14-6-3-12/h11-14,16H,2-10H2,1H3. The Labute approximate surface area is 121 Å². The Balaban J connectivity index is 1.90. The summed E-state index contributed by atoms with van der Waals surface area (Å²) in [6, 6.07) is -0.143. The van der Waals surface area contributed by atoms with E-state index in [0.29, 0.717) is 12.5 Å². The van der Waals surface area contributed by atoms with Gasteiger partial charge in [-0.15, -0.1) is 0 Å². The van der Waals surface area contributed by atoms with Gasteiger partial charge in [0.05, 0.1) is 25.1 Å². The van der Waals surface area contributed by atoms with Crippen molar-refractivity contribution in [3.63, 3.8) is 0 Å². The van der Waals surface area contributed by atoms with Crippen LogP contribution in [-0.4, -0.2) is 68.6 Å². The molecule has 6 nitrogen and oxygen atoms in total. The van der Waals surface area contributed by atoms with Crippen molar-refractivity contribution in [2.75, 3.05) is 38.6 Å². The Morgan fingerprint density at radius 2 is 2.05 bits per heavy atom. The summed E-state index contributed by atoms with van der Waals surface area (Å²) in [6.45, 7) is 4.34. The van der Waals surface area contributed by atoms with Crippen molar-refractivity contribution in [3.05, 3.63) is 0 Å². The van der Waals surface area contributed by atoms with E-state index in [9.17, 15) is 8.42 Å². The molecule has 0 spiro atoms. The maximum Gasteiger partial charge on any atom is 0.214 e. The quantitative estimate of drug-likeness (QED) is 0.735. The number of aliphatic hydroxyl groups excluding tert-OH is 1. The largest absolute Gasteiger partial charge is 0.394 e. The third-order valence-corrected chi connectivity index (χ3v) is 6.23. The van der Waals surface area contributed by atoms with Crippen molar-refractivity contribution in [2.24, 2.45) is 5.92 Å². The molecular formula is C13H26N2O4S. The highest BCUT2D eigenvalue weighted by Gasteiger charge is 2.34. The van der Waals surface area contributed by atoms with Crippen molar-refractivity contribution in [3.8, 4) is 0 Å². The predicted molar refractivity (Wildman–Crippen MR) is 77.0 cm³/mol. The average molecular weight is 306 g/mol. The van der Waals surface area contributed by atoms with Gasteiger partial charge in [0.1, 0.15) is 0 Å². The molecule has 7 heteroatoms. The number of hydrogen-bond donors (Lipinski definition) is 2. The summed E-state index contributed by atoms with van der Waals surface area (Å²) >= 11 is 0. The van der Waals surface area contributed by atoms with Gasteiger partial charge >= 0.3 is 0 Å². The van der Waals surface area contributed by atoms with Gasteiger partial charge in [-0.25, -0.2) is 8.42 Å². The van der Waals surface area contributed by atoms with Gasteiger partial charge in [0.25, 0.3) is 0 Å². The minimum atomic E-state index is -3.25. The fourth-order valence-corrected chi connectivity index (χ4v) is 4.76. The van der Waals surface area contributed by atoms with Crippen molar-refractivity contribution < 1.29 is 18.3 Å². The molecule has 0 aromatic heterocycles. The van der Waals surface area contributed by atoms with Crippen molar-refractivity contribution >= 4 is 10.0 Å². The first kappa shape index (κ1) is 16.2. The Bertz CT molecular complexity index is 395. The molecule has 0 aliphatic carbocycles. The van der Waals surface area contributed by atoms with Gasteiger partial charge in [-0.3, -0.25) is 0 Å². The lowest BCUT2D eigenvalue weighted by Gasteiger charge is -2.36. The molecule has 2 aliphatic rings. The van der Waals surface area contributed by atoms with Crippen LogP contribution >= 0.6 is 0 Å². The highest BCUT2D eigenvalue weighted by atomic mass is 32.2. The molecule has 2 atom stereocenters. The molecule has 2 rings (SSSR count). The zero-order valence-corrected chi connectivity index (χ0v) is 12.9. The zero-order valence-electron chi connectivity index (χ0n) is 12.1. The summed E-state index contributed by atoms with van der Waals surface area (Å²) in [5.41, 5.74) is 0. The molecule has 0 amide bonds. The van der Waals surface area contributed by atoms with Crippen LogP contribution in [0.3, 0.4) is 0 Å². The Hall–Kier alpha value is -0.210. The molecule has 2 aliphatic heterocycles. The van der Waals surface area contributed by atoms with Gasteiger partial charge in [-0.2, -0.15) is 4.31 Å². The molecule has 20 heavy (non-hydrogen) atoms. The monoisotopic (exact) mass is 306 g/mol. The number of hydrogen-bond acceptors (Lipinski definition) is 5. The Kier molecular flexibility index (Phi) is 5.80. The number of ether oxygens (including phenoxy) is 1. The molecule has 2 heterocycles. The average Bonchev–Trinajstić information content (AvgIpc) is 2.47. The molecule has 2 N–H and O–H groups in total. The summed E-state index contributed by atoms with van der Waals surface area (Å²) in [6.07, 6.45) is 2.47. The molecule has 0 radical (unpaired) electrons. The maximum atomic E-state index is 12.5. The smallest absolute Gasteiger partial charge is 0.214 e. The molecule has 2 saturated heterocycles. The number of nitrogens with one attached hydrogen (secondary N) is 1. The minimum absolute atomic E-state index is 0.132. The first-order valence-electron chi connectivity index (χ1n) is 7.45. The maximum absolute atomic E-state index is 12.5. The fourth-order valence-electron chi connectivity index (χ4n) is 2.89. The molecule has 118 valence electrons. The molecule has 0 bridgehead atoms. The van der Waals surface area contributed by atoms with E-state index in [0.717, 1.165) is 32.4 Å². The van der Waals surface area contributed by atoms with E-state index in [4.69, 9.17) is 9.84 Å². The SMILES string of the molecule is CC1COC(CO)CN1S(=O)(=O)CCC1CCNCC1. The lowest BCUT2D eigenvalue weighted by molar-refractivity contribution is -0.0516. The van der Waals surface area contributed by atoms with Gasteiger partial charge in [0, 0.05) is 12.6 Å². The first-order valence-corrected chi connectivity index (χ1v) is 9.06. The molecule has 0 aromatic rings. The second-order valence-electron chi connectivity index (χ2n) is 5.85. The molecule has 2 unspecified atom stereocenters. The highest BCUT2D eigenvalue weighted by molar-refractivity contribution is 7.89. The lowest BCUT2D eigenvalue weighted by atomic mass is 9.96. The normalized spacial score (nSPS) is 30.5. The number of piperidine rings is 1. The van der Waals surface area contributed by atoms with Crippen LogP contribution in [0.25, 0.3) is 0 Å². The van der Waals surface area contributed by atoms with Crippen LogP contribution in [-0.2, 0) is 14.8 Å². The molecule has 0 aromatic carbocycles. The topological polar surface area (TPSA) is 78.9 Å². The van der Waals surface area contributed by atoms with Gasteiger partial charge in [0.2, 0.25) is 10.0 Å². The molecule has 0 saturated carbocycles.